The van der Waals surface area contributed by atoms with Gasteiger partial charge in [0.1, 0.15) is 11.1 Å². The molecule has 1 aliphatic heterocycles. The van der Waals surface area contributed by atoms with E-state index in [1.54, 1.807) is 37.3 Å². The second kappa shape index (κ2) is 9.57. The molecule has 30 heavy (non-hydrogen) atoms. The SMILES string of the molecule is CCOC(=O)C(C#N)=C1SC(Cc2ccc(Cl)cc2Cl)C(=O)N1c1ccc(C)cc1. The topological polar surface area (TPSA) is 70.4 Å². The van der Waals surface area contributed by atoms with Crippen molar-refractivity contribution in [2.24, 2.45) is 0 Å². The summed E-state index contributed by atoms with van der Waals surface area (Å²) in [5, 5.41) is 10.3. The molecule has 0 aliphatic carbocycles. The van der Waals surface area contributed by atoms with Gasteiger partial charge in [0, 0.05) is 15.7 Å². The summed E-state index contributed by atoms with van der Waals surface area (Å²) in [5.41, 5.74) is 2.17. The van der Waals surface area contributed by atoms with Gasteiger partial charge in [0.15, 0.2) is 5.57 Å². The number of esters is 1. The van der Waals surface area contributed by atoms with Crippen LogP contribution in [0.3, 0.4) is 0 Å². The van der Waals surface area contributed by atoms with Crippen molar-refractivity contribution in [2.45, 2.75) is 25.5 Å². The van der Waals surface area contributed by atoms with Gasteiger partial charge in [0.05, 0.1) is 11.9 Å². The summed E-state index contributed by atoms with van der Waals surface area (Å²) in [7, 11) is 0. The predicted molar refractivity (Wildman–Crippen MR) is 119 cm³/mol. The smallest absolute Gasteiger partial charge is 0.351 e. The van der Waals surface area contributed by atoms with E-state index in [1.807, 2.05) is 25.1 Å². The number of carbonyl (C=O) groups excluding carboxylic acids is 2. The van der Waals surface area contributed by atoms with Gasteiger partial charge >= 0.3 is 5.97 Å². The number of nitriles is 1. The summed E-state index contributed by atoms with van der Waals surface area (Å²) in [5.74, 6) is -0.987. The summed E-state index contributed by atoms with van der Waals surface area (Å²) in [4.78, 5) is 27.1. The van der Waals surface area contributed by atoms with E-state index in [0.717, 1.165) is 22.9 Å². The van der Waals surface area contributed by atoms with Gasteiger partial charge in [-0.3, -0.25) is 9.69 Å². The first-order valence-corrected chi connectivity index (χ1v) is 10.8. The molecule has 0 spiro atoms. The molecule has 8 heteroatoms. The zero-order valence-electron chi connectivity index (χ0n) is 16.3. The second-order valence-corrected chi connectivity index (χ2v) is 8.60. The second-order valence-electron chi connectivity index (χ2n) is 6.57. The first kappa shape index (κ1) is 22.2. The number of aryl methyl sites for hydroxylation is 1. The lowest BCUT2D eigenvalue weighted by Gasteiger charge is -2.18. The van der Waals surface area contributed by atoms with Crippen molar-refractivity contribution in [3.05, 3.63) is 74.2 Å². The molecule has 0 saturated carbocycles. The quantitative estimate of drug-likeness (QED) is 0.344. The lowest BCUT2D eigenvalue weighted by atomic mass is 10.1. The van der Waals surface area contributed by atoms with E-state index in [2.05, 4.69) is 0 Å². The lowest BCUT2D eigenvalue weighted by molar-refractivity contribution is -0.138. The van der Waals surface area contributed by atoms with Crippen LogP contribution in [0.2, 0.25) is 10.0 Å². The van der Waals surface area contributed by atoms with Crippen LogP contribution in [-0.2, 0) is 20.7 Å². The van der Waals surface area contributed by atoms with Gasteiger partial charge in [-0.2, -0.15) is 5.26 Å². The fourth-order valence-electron chi connectivity index (χ4n) is 2.99. The van der Waals surface area contributed by atoms with Gasteiger partial charge in [-0.15, -0.1) is 0 Å². The molecule has 1 fully saturated rings. The minimum absolute atomic E-state index is 0.129. The van der Waals surface area contributed by atoms with Crippen molar-refractivity contribution in [2.75, 3.05) is 11.5 Å². The average Bonchev–Trinajstić information content (AvgIpc) is 3.01. The Morgan fingerprint density at radius 1 is 1.23 bits per heavy atom. The number of amides is 1. The number of ether oxygens (including phenoxy) is 1. The van der Waals surface area contributed by atoms with E-state index in [-0.39, 0.29) is 23.1 Å². The van der Waals surface area contributed by atoms with Crippen molar-refractivity contribution in [1.82, 2.24) is 0 Å². The highest BCUT2D eigenvalue weighted by molar-refractivity contribution is 8.05. The van der Waals surface area contributed by atoms with Gasteiger partial charge in [0.2, 0.25) is 5.91 Å². The molecule has 2 aromatic carbocycles. The Bertz CT molecular complexity index is 1060. The Hall–Kier alpha value is -2.46. The number of rotatable bonds is 5. The molecule has 0 aromatic heterocycles. The van der Waals surface area contributed by atoms with Crippen LogP contribution in [0, 0.1) is 18.3 Å². The van der Waals surface area contributed by atoms with Crippen LogP contribution in [0.25, 0.3) is 0 Å². The molecule has 1 amide bonds. The molecule has 1 aliphatic rings. The van der Waals surface area contributed by atoms with Crippen LogP contribution >= 0.6 is 35.0 Å². The molecule has 2 aromatic rings. The Balaban J connectivity index is 2.04. The maximum Gasteiger partial charge on any atom is 0.351 e. The van der Waals surface area contributed by atoms with E-state index in [9.17, 15) is 14.9 Å². The largest absolute Gasteiger partial charge is 0.462 e. The summed E-state index contributed by atoms with van der Waals surface area (Å²) in [6.45, 7) is 3.73. The third kappa shape index (κ3) is 4.65. The normalized spacial score (nSPS) is 17.6. The van der Waals surface area contributed by atoms with Crippen LogP contribution < -0.4 is 4.90 Å². The number of thioether (sulfide) groups is 1. The molecule has 3 rings (SSSR count). The molecule has 1 saturated heterocycles. The average molecular weight is 461 g/mol. The Morgan fingerprint density at radius 2 is 1.93 bits per heavy atom. The van der Waals surface area contributed by atoms with Gasteiger partial charge in [-0.25, -0.2) is 4.79 Å². The summed E-state index contributed by atoms with van der Waals surface area (Å²) in [6.07, 6.45) is 0.326. The van der Waals surface area contributed by atoms with Crippen molar-refractivity contribution >= 4 is 52.5 Å². The minimum atomic E-state index is -0.752. The van der Waals surface area contributed by atoms with Gasteiger partial charge in [0.25, 0.3) is 0 Å². The molecular formula is C22H18Cl2N2O3S. The van der Waals surface area contributed by atoms with Crippen LogP contribution in [0.5, 0.6) is 0 Å². The first-order chi connectivity index (χ1) is 14.3. The van der Waals surface area contributed by atoms with Crippen LogP contribution in [0.4, 0.5) is 5.69 Å². The maximum absolute atomic E-state index is 13.3. The zero-order chi connectivity index (χ0) is 21.8. The third-order valence-corrected chi connectivity index (χ3v) is 6.32. The number of hydrogen-bond acceptors (Lipinski definition) is 5. The molecule has 0 bridgehead atoms. The highest BCUT2D eigenvalue weighted by Crippen LogP contribution is 2.42. The molecule has 0 radical (unpaired) electrons. The Kier molecular flexibility index (Phi) is 7.09. The number of anilines is 1. The third-order valence-electron chi connectivity index (χ3n) is 4.47. The standard InChI is InChI=1S/C22H18Cl2N2O3S/c1-3-29-22(28)17(12-25)21-26(16-8-4-13(2)5-9-16)20(27)19(30-21)10-14-6-7-15(23)11-18(14)24/h4-9,11,19H,3,10H2,1-2H3. The maximum atomic E-state index is 13.3. The number of benzene rings is 2. The lowest BCUT2D eigenvalue weighted by Crippen LogP contribution is -2.30. The van der Waals surface area contributed by atoms with E-state index >= 15 is 0 Å². The highest BCUT2D eigenvalue weighted by atomic mass is 35.5. The van der Waals surface area contributed by atoms with Gasteiger partial charge < -0.3 is 4.74 Å². The monoisotopic (exact) mass is 460 g/mol. The molecule has 1 unspecified atom stereocenters. The minimum Gasteiger partial charge on any atom is -0.462 e. The summed E-state index contributed by atoms with van der Waals surface area (Å²) in [6, 6.07) is 14.3. The highest BCUT2D eigenvalue weighted by Gasteiger charge is 2.41. The fraction of sp³-hybridized carbons (Fsp3) is 0.227. The Labute approximate surface area is 189 Å². The van der Waals surface area contributed by atoms with Gasteiger partial charge in [-0.05, 0) is 50.1 Å². The van der Waals surface area contributed by atoms with Gasteiger partial charge in [-0.1, -0.05) is 58.7 Å². The molecule has 1 heterocycles. The number of halogens is 2. The molecule has 0 N–H and O–H groups in total. The van der Waals surface area contributed by atoms with Crippen molar-refractivity contribution < 1.29 is 14.3 Å². The molecule has 5 nitrogen and oxygen atoms in total. The van der Waals surface area contributed by atoms with E-state index in [1.165, 1.54) is 4.90 Å². The van der Waals surface area contributed by atoms with Crippen LogP contribution in [-0.4, -0.2) is 23.7 Å². The number of nitrogens with zero attached hydrogens (tertiary/aromatic N) is 2. The first-order valence-electron chi connectivity index (χ1n) is 9.18. The summed E-state index contributed by atoms with van der Waals surface area (Å²) >= 11 is 13.4. The molecular weight excluding hydrogens is 443 g/mol. The van der Waals surface area contributed by atoms with Crippen LogP contribution in [0.1, 0.15) is 18.1 Å². The van der Waals surface area contributed by atoms with E-state index in [4.69, 9.17) is 27.9 Å². The van der Waals surface area contributed by atoms with E-state index in [0.29, 0.717) is 22.2 Å². The van der Waals surface area contributed by atoms with Crippen molar-refractivity contribution in [1.29, 1.82) is 5.26 Å². The van der Waals surface area contributed by atoms with Crippen molar-refractivity contribution in [3.63, 3.8) is 0 Å². The predicted octanol–water partition coefficient (Wildman–Crippen LogP) is 5.29. The van der Waals surface area contributed by atoms with Crippen LogP contribution in [0.15, 0.2) is 53.1 Å². The summed E-state index contributed by atoms with van der Waals surface area (Å²) < 4.78 is 5.03. The Morgan fingerprint density at radius 3 is 2.53 bits per heavy atom. The molecule has 154 valence electrons. The van der Waals surface area contributed by atoms with Crippen molar-refractivity contribution in [3.8, 4) is 6.07 Å². The number of carbonyl (C=O) groups is 2. The van der Waals surface area contributed by atoms with E-state index < -0.39 is 11.2 Å². The molecule has 1 atom stereocenters. The zero-order valence-corrected chi connectivity index (χ0v) is 18.6. The fourth-order valence-corrected chi connectivity index (χ4v) is 4.76. The number of hydrogen-bond donors (Lipinski definition) is 0.